The number of likely N-dealkylation sites (N-methyl/N-ethyl adjacent to an activating group) is 3. The Balaban J connectivity index is 2.05. The maximum atomic E-state index is 13.8. The van der Waals surface area contributed by atoms with Crippen LogP contribution in [0.25, 0.3) is 0 Å². The lowest BCUT2D eigenvalue weighted by molar-refractivity contribution is -0.258. The van der Waals surface area contributed by atoms with Crippen molar-refractivity contribution in [1.82, 2.24) is 40.4 Å². The molecule has 62 heavy (non-hydrogen) atoms. The van der Waals surface area contributed by atoms with Gasteiger partial charge in [0, 0.05) is 44.9 Å². The number of carboxylic acid groups (broad SMARTS) is 1. The first-order chi connectivity index (χ1) is 29.4. The van der Waals surface area contributed by atoms with E-state index in [1.54, 1.807) is 35.7 Å². The lowest BCUT2D eigenvalue weighted by Crippen LogP contribution is -2.58. The number of aliphatic carboxylic acids is 1. The smallest absolute Gasteiger partial charge is 0.412 e. The molecule has 1 unspecified atom stereocenters. The molecule has 0 aliphatic carbocycles. The highest BCUT2D eigenvalue weighted by molar-refractivity contribution is 7.98. The van der Waals surface area contributed by atoms with Gasteiger partial charge in [-0.25, -0.2) is 4.79 Å². The van der Waals surface area contributed by atoms with Crippen LogP contribution in [0.4, 0.5) is 0 Å². The fourth-order valence-corrected chi connectivity index (χ4v) is 6.70. The molecule has 2 aliphatic heterocycles. The largest absolute Gasteiger partial charge is 0.480 e. The molecule has 22 heteroatoms. The van der Waals surface area contributed by atoms with Gasteiger partial charge in [0.1, 0.15) is 18.1 Å². The second-order valence-corrected chi connectivity index (χ2v) is 16.3. The number of hydrogen-bond acceptors (Lipinski definition) is 17. The Kier molecular flexibility index (Phi) is 24.3. The normalized spacial score (nSPS) is 18.7. The second-order valence-electron chi connectivity index (χ2n) is 15.3. The van der Waals surface area contributed by atoms with Gasteiger partial charge in [-0.15, -0.1) is 0 Å². The van der Waals surface area contributed by atoms with Gasteiger partial charge in [-0.1, -0.05) is 34.1 Å². The van der Waals surface area contributed by atoms with Gasteiger partial charge in [-0.3, -0.25) is 62.9 Å². The van der Waals surface area contributed by atoms with E-state index in [-0.39, 0.29) is 45.6 Å². The average Bonchev–Trinajstić information content (AvgIpc) is 3.53. The predicted molar refractivity (Wildman–Crippen MR) is 227 cm³/mol. The molecule has 350 valence electrons. The SMILES string of the molecule is CC[C@H](C)[C@H](NC(=O)[C@H](CCSC)NC(=O)CN(CC)CCN1CCN(C)CC(=O)OC(OC(=O)CN(C)CC)OC(=O)C1)C(=O)N[C@@H](CCCCN1C(=O)C=CC1=O)C(=O)O. The Labute approximate surface area is 367 Å². The van der Waals surface area contributed by atoms with E-state index in [9.17, 15) is 48.3 Å². The molecule has 0 spiro atoms. The molecule has 2 aliphatic rings. The monoisotopic (exact) mass is 898 g/mol. The molecule has 0 radical (unpaired) electrons. The van der Waals surface area contributed by atoms with Crippen molar-refractivity contribution < 1.29 is 62.5 Å². The zero-order valence-electron chi connectivity index (χ0n) is 37.1. The maximum Gasteiger partial charge on any atom is 0.412 e. The molecule has 5 amide bonds. The number of imide groups is 1. The van der Waals surface area contributed by atoms with Crippen LogP contribution in [-0.2, 0) is 57.4 Å². The van der Waals surface area contributed by atoms with E-state index in [2.05, 4.69) is 16.0 Å². The summed E-state index contributed by atoms with van der Waals surface area (Å²) in [5.74, 6) is -6.09. The molecule has 0 aromatic carbocycles. The van der Waals surface area contributed by atoms with Crippen LogP contribution in [-0.4, -0.2) is 206 Å². The summed E-state index contributed by atoms with van der Waals surface area (Å²) in [4.78, 5) is 122. The summed E-state index contributed by atoms with van der Waals surface area (Å²) in [6.07, 6.45) is 5.55. The van der Waals surface area contributed by atoms with Crippen LogP contribution >= 0.6 is 11.8 Å². The zero-order valence-corrected chi connectivity index (χ0v) is 37.9. The van der Waals surface area contributed by atoms with Gasteiger partial charge in [-0.05, 0) is 70.8 Å². The lowest BCUT2D eigenvalue weighted by atomic mass is 9.97. The minimum absolute atomic E-state index is 0.0239. The second kappa shape index (κ2) is 28.1. The Bertz CT molecular complexity index is 1570. The number of carbonyl (C=O) groups is 9. The van der Waals surface area contributed by atoms with E-state index >= 15 is 0 Å². The Morgan fingerprint density at radius 2 is 1.53 bits per heavy atom. The van der Waals surface area contributed by atoms with Crippen LogP contribution in [0.5, 0.6) is 0 Å². The van der Waals surface area contributed by atoms with Gasteiger partial charge in [0.25, 0.3) is 11.8 Å². The van der Waals surface area contributed by atoms with E-state index in [0.29, 0.717) is 64.3 Å². The van der Waals surface area contributed by atoms with Crippen molar-refractivity contribution in [3.05, 3.63) is 12.2 Å². The number of ether oxygens (including phenoxy) is 3. The van der Waals surface area contributed by atoms with Crippen molar-refractivity contribution in [3.63, 3.8) is 0 Å². The summed E-state index contributed by atoms with van der Waals surface area (Å²) in [5.41, 5.74) is 0. The highest BCUT2D eigenvalue weighted by Crippen LogP contribution is 2.13. The van der Waals surface area contributed by atoms with Crippen molar-refractivity contribution in [3.8, 4) is 0 Å². The van der Waals surface area contributed by atoms with Crippen LogP contribution in [0.2, 0.25) is 0 Å². The summed E-state index contributed by atoms with van der Waals surface area (Å²) < 4.78 is 15.5. The number of unbranched alkanes of at least 4 members (excludes halogenated alkanes) is 1. The number of nitrogens with one attached hydrogen (secondary N) is 3. The topological polar surface area (TPSA) is 254 Å². The highest BCUT2D eigenvalue weighted by Gasteiger charge is 2.33. The fourth-order valence-electron chi connectivity index (χ4n) is 6.23. The van der Waals surface area contributed by atoms with Crippen molar-refractivity contribution in [2.24, 2.45) is 5.92 Å². The van der Waals surface area contributed by atoms with Gasteiger partial charge in [-0.2, -0.15) is 11.8 Å². The molecule has 21 nitrogen and oxygen atoms in total. The first kappa shape index (κ1) is 53.5. The number of carboxylic acids is 1. The van der Waals surface area contributed by atoms with Crippen molar-refractivity contribution >= 4 is 65.2 Å². The maximum absolute atomic E-state index is 13.8. The van der Waals surface area contributed by atoms with Crippen LogP contribution in [0.1, 0.15) is 59.8 Å². The van der Waals surface area contributed by atoms with E-state index in [0.717, 1.165) is 4.90 Å². The van der Waals surface area contributed by atoms with Crippen LogP contribution in [0.15, 0.2) is 12.2 Å². The summed E-state index contributed by atoms with van der Waals surface area (Å²) in [6, 6.07) is -3.42. The molecule has 0 bridgehead atoms. The number of rotatable bonds is 26. The highest BCUT2D eigenvalue weighted by atomic mass is 32.2. The Hall–Kier alpha value is -4.64. The van der Waals surface area contributed by atoms with Crippen molar-refractivity contribution in [2.45, 2.75) is 84.4 Å². The van der Waals surface area contributed by atoms with Crippen LogP contribution in [0, 0.1) is 5.92 Å². The number of nitrogens with zero attached hydrogens (tertiary/aromatic N) is 5. The molecule has 0 aromatic rings. The number of amides is 5. The molecule has 2 rings (SSSR count). The van der Waals surface area contributed by atoms with Crippen molar-refractivity contribution in [2.75, 3.05) is 98.1 Å². The summed E-state index contributed by atoms with van der Waals surface area (Å²) in [5, 5.41) is 18.0. The molecule has 5 atom stereocenters. The molecule has 1 saturated heterocycles. The van der Waals surface area contributed by atoms with Gasteiger partial charge >= 0.3 is 30.4 Å². The van der Waals surface area contributed by atoms with Gasteiger partial charge in [0.05, 0.1) is 26.2 Å². The number of cyclic esters (lactones) is 2. The lowest BCUT2D eigenvalue weighted by Gasteiger charge is -2.29. The first-order valence-corrected chi connectivity index (χ1v) is 22.4. The summed E-state index contributed by atoms with van der Waals surface area (Å²) >= 11 is 1.47. The Morgan fingerprint density at radius 3 is 2.13 bits per heavy atom. The number of carbonyl (C=O) groups excluding carboxylic acids is 8. The number of hydrogen-bond donors (Lipinski definition) is 4. The van der Waals surface area contributed by atoms with Gasteiger partial charge in [0.15, 0.2) is 0 Å². The summed E-state index contributed by atoms with van der Waals surface area (Å²) in [7, 11) is 3.39. The molecule has 2 heterocycles. The van der Waals surface area contributed by atoms with E-state index in [4.69, 9.17) is 14.2 Å². The molecule has 0 aromatic heterocycles. The third-order valence-electron chi connectivity index (χ3n) is 10.4. The average molecular weight is 899 g/mol. The molecular weight excluding hydrogens is 833 g/mol. The van der Waals surface area contributed by atoms with Crippen LogP contribution < -0.4 is 16.0 Å². The number of esters is 3. The van der Waals surface area contributed by atoms with Gasteiger partial charge < -0.3 is 35.3 Å². The minimum Gasteiger partial charge on any atom is -0.480 e. The minimum atomic E-state index is -1.85. The fraction of sp³-hybridized carbons (Fsp3) is 0.725. The third kappa shape index (κ3) is 19.6. The predicted octanol–water partition coefficient (Wildman–Crippen LogP) is -1.15. The van der Waals surface area contributed by atoms with E-state index in [1.165, 1.54) is 23.9 Å². The third-order valence-corrected chi connectivity index (χ3v) is 11.1. The molecule has 1 fully saturated rings. The molecule has 0 saturated carbocycles. The van der Waals surface area contributed by atoms with Crippen LogP contribution in [0.3, 0.4) is 0 Å². The molecular formula is C40H66N8O13S. The Morgan fingerprint density at radius 1 is 0.871 bits per heavy atom. The standard InChI is InChI=1S/C40H66N8O13S/c1-8-27(4)36(38(56)42-29(39(57)58)13-11-12-17-48-31(50)14-15-32(48)51)43-37(55)28(16-22-62-7)41-30(49)23-46(10-3)20-21-47-19-18-45(6)25-34(53)60-40(61-35(54)26-47)59-33(52)24-44(5)9-2/h14-15,27-29,36,40H,8-13,16-26H2,1-7H3,(H,41,49)(H,42,56)(H,43,55)(H,57,58)/t27-,28-,29-,36-,40?/m0/s1. The van der Waals surface area contributed by atoms with E-state index in [1.807, 2.05) is 31.9 Å². The molecule has 4 N–H and O–H groups in total. The van der Waals surface area contributed by atoms with Gasteiger partial charge in [0.2, 0.25) is 17.7 Å². The summed E-state index contributed by atoms with van der Waals surface area (Å²) in [6.45, 7) is 7.28. The number of thioether (sulfide) groups is 1. The zero-order chi connectivity index (χ0) is 46.4. The first-order valence-electron chi connectivity index (χ1n) is 21.0. The quantitative estimate of drug-likeness (QED) is 0.0455. The van der Waals surface area contributed by atoms with Crippen molar-refractivity contribution in [1.29, 1.82) is 0 Å². The van der Waals surface area contributed by atoms with E-state index < -0.39 is 83.9 Å².